The molecule has 2 heterocycles. The van der Waals surface area contributed by atoms with Gasteiger partial charge in [0.1, 0.15) is 5.56 Å². The number of pyridine rings is 1. The topological polar surface area (TPSA) is 54.3 Å². The summed E-state index contributed by atoms with van der Waals surface area (Å²) in [7, 11) is 0. The molecule has 0 bridgehead atoms. The molecule has 2 unspecified atom stereocenters. The molecule has 0 spiro atoms. The van der Waals surface area contributed by atoms with Gasteiger partial charge in [0.2, 0.25) is 0 Å². The molecule has 0 saturated carbocycles. The first-order valence-electron chi connectivity index (χ1n) is 9.77. The maximum Gasteiger partial charge on any atom is 0.263 e. The van der Waals surface area contributed by atoms with E-state index < -0.39 is 0 Å². The van der Waals surface area contributed by atoms with Gasteiger partial charge in [0.25, 0.3) is 11.5 Å². The van der Waals surface area contributed by atoms with E-state index >= 15 is 0 Å². The first-order valence-corrected chi connectivity index (χ1v) is 9.77. The van der Waals surface area contributed by atoms with E-state index in [4.69, 9.17) is 0 Å². The number of aromatic nitrogens is 1. The maximum absolute atomic E-state index is 12.7. The molecule has 1 aliphatic rings. The van der Waals surface area contributed by atoms with Crippen molar-refractivity contribution in [2.45, 2.75) is 26.8 Å². The first-order chi connectivity index (χ1) is 13.0. The highest BCUT2D eigenvalue weighted by molar-refractivity contribution is 5.93. The predicted molar refractivity (Wildman–Crippen MR) is 108 cm³/mol. The quantitative estimate of drug-likeness (QED) is 0.854. The molecular weight excluding hydrogens is 338 g/mol. The Balaban J connectivity index is 1.58. The minimum absolute atomic E-state index is 0.203. The van der Waals surface area contributed by atoms with Gasteiger partial charge < -0.3 is 14.8 Å². The van der Waals surface area contributed by atoms with Crippen molar-refractivity contribution in [1.29, 1.82) is 0 Å². The summed E-state index contributed by atoms with van der Waals surface area (Å²) in [6.07, 6.45) is 3.00. The molecule has 1 amide bonds. The van der Waals surface area contributed by atoms with Gasteiger partial charge in [-0.1, -0.05) is 44.2 Å². The molecule has 1 saturated heterocycles. The van der Waals surface area contributed by atoms with Crippen molar-refractivity contribution in [3.8, 4) is 0 Å². The van der Waals surface area contributed by atoms with Gasteiger partial charge in [-0.05, 0) is 36.0 Å². The second-order valence-corrected chi connectivity index (χ2v) is 7.80. The summed E-state index contributed by atoms with van der Waals surface area (Å²) in [4.78, 5) is 27.6. The fraction of sp³-hybridized carbons (Fsp3) is 0.455. The Kier molecular flexibility index (Phi) is 6.45. The number of amides is 1. The van der Waals surface area contributed by atoms with E-state index in [0.717, 1.165) is 25.2 Å². The highest BCUT2D eigenvalue weighted by Gasteiger charge is 2.21. The monoisotopic (exact) mass is 367 g/mol. The molecule has 2 aromatic rings. The molecule has 0 aliphatic carbocycles. The normalized spacial score (nSPS) is 20.4. The van der Waals surface area contributed by atoms with Gasteiger partial charge in [-0.15, -0.1) is 0 Å². The van der Waals surface area contributed by atoms with E-state index in [1.807, 2.05) is 30.3 Å². The van der Waals surface area contributed by atoms with Crippen molar-refractivity contribution >= 4 is 5.91 Å². The predicted octanol–water partition coefficient (Wildman–Crippen LogP) is 2.60. The second kappa shape index (κ2) is 9.00. The summed E-state index contributed by atoms with van der Waals surface area (Å²) in [6, 6.07) is 13.1. The molecular formula is C22H29N3O2. The largest absolute Gasteiger partial charge is 0.351 e. The van der Waals surface area contributed by atoms with Crippen molar-refractivity contribution < 1.29 is 4.79 Å². The number of nitrogens with zero attached hydrogens (tertiary/aromatic N) is 2. The number of carbonyl (C=O) groups excluding carboxylic acids is 1. The smallest absolute Gasteiger partial charge is 0.263 e. The van der Waals surface area contributed by atoms with Crippen LogP contribution in [0.4, 0.5) is 0 Å². The molecule has 27 heavy (non-hydrogen) atoms. The lowest BCUT2D eigenvalue weighted by Gasteiger charge is -2.34. The second-order valence-electron chi connectivity index (χ2n) is 7.80. The summed E-state index contributed by atoms with van der Waals surface area (Å²) in [5, 5.41) is 2.91. The van der Waals surface area contributed by atoms with Crippen LogP contribution in [0.15, 0.2) is 53.5 Å². The van der Waals surface area contributed by atoms with E-state index in [1.165, 1.54) is 6.42 Å². The van der Waals surface area contributed by atoms with E-state index in [-0.39, 0.29) is 17.0 Å². The lowest BCUT2D eigenvalue weighted by Crippen LogP contribution is -2.43. The Hall–Kier alpha value is -2.40. The molecule has 1 aromatic heterocycles. The fourth-order valence-corrected chi connectivity index (χ4v) is 4.01. The van der Waals surface area contributed by atoms with Crippen molar-refractivity contribution in [3.05, 3.63) is 70.1 Å². The Morgan fingerprint density at radius 3 is 2.48 bits per heavy atom. The maximum atomic E-state index is 12.7. The lowest BCUT2D eigenvalue weighted by atomic mass is 9.92. The van der Waals surface area contributed by atoms with E-state index in [2.05, 4.69) is 24.1 Å². The van der Waals surface area contributed by atoms with E-state index in [1.54, 1.807) is 22.9 Å². The first kappa shape index (κ1) is 19.4. The third-order valence-electron chi connectivity index (χ3n) is 5.12. The van der Waals surface area contributed by atoms with Crippen LogP contribution in [0.5, 0.6) is 0 Å². The Morgan fingerprint density at radius 1 is 1.07 bits per heavy atom. The molecule has 1 aromatic carbocycles. The fourth-order valence-electron chi connectivity index (χ4n) is 4.01. The number of hydrogen-bond donors (Lipinski definition) is 1. The Labute approximate surface area is 161 Å². The van der Waals surface area contributed by atoms with Crippen molar-refractivity contribution in [1.82, 2.24) is 14.8 Å². The summed E-state index contributed by atoms with van der Waals surface area (Å²) in [6.45, 7) is 8.56. The Bertz CT molecular complexity index is 806. The van der Waals surface area contributed by atoms with Gasteiger partial charge in [-0.3, -0.25) is 9.59 Å². The highest BCUT2D eigenvalue weighted by Crippen LogP contribution is 2.20. The third-order valence-corrected chi connectivity index (χ3v) is 5.12. The van der Waals surface area contributed by atoms with E-state index in [0.29, 0.717) is 24.9 Å². The van der Waals surface area contributed by atoms with Crippen molar-refractivity contribution in [3.63, 3.8) is 0 Å². The molecule has 1 N–H and O–H groups in total. The molecule has 1 fully saturated rings. The van der Waals surface area contributed by atoms with Crippen LogP contribution in [0, 0.1) is 11.8 Å². The molecule has 5 nitrogen and oxygen atoms in total. The van der Waals surface area contributed by atoms with Gasteiger partial charge in [0, 0.05) is 32.4 Å². The van der Waals surface area contributed by atoms with Gasteiger partial charge in [-0.25, -0.2) is 0 Å². The number of likely N-dealkylation sites (tertiary alicyclic amines) is 1. The van der Waals surface area contributed by atoms with Crippen LogP contribution in [0.25, 0.3) is 0 Å². The van der Waals surface area contributed by atoms with Crippen LogP contribution >= 0.6 is 0 Å². The molecule has 0 radical (unpaired) electrons. The van der Waals surface area contributed by atoms with Crippen LogP contribution in [0.2, 0.25) is 0 Å². The SMILES string of the molecule is CC1CC(C)CN(CCNC(=O)c2cccn(Cc3ccccc3)c2=O)C1. The number of hydrogen-bond acceptors (Lipinski definition) is 3. The molecule has 2 atom stereocenters. The van der Waals surface area contributed by atoms with Crippen LogP contribution in [-0.2, 0) is 6.54 Å². The number of benzene rings is 1. The van der Waals surface area contributed by atoms with E-state index in [9.17, 15) is 9.59 Å². The van der Waals surface area contributed by atoms with Gasteiger partial charge >= 0.3 is 0 Å². The zero-order valence-electron chi connectivity index (χ0n) is 16.2. The van der Waals surface area contributed by atoms with Crippen LogP contribution in [-0.4, -0.2) is 41.6 Å². The summed E-state index contributed by atoms with van der Waals surface area (Å²) >= 11 is 0. The summed E-state index contributed by atoms with van der Waals surface area (Å²) < 4.78 is 1.58. The van der Waals surface area contributed by atoms with Crippen LogP contribution in [0.3, 0.4) is 0 Å². The van der Waals surface area contributed by atoms with Crippen LogP contribution < -0.4 is 10.9 Å². The average molecular weight is 367 g/mol. The zero-order valence-corrected chi connectivity index (χ0v) is 16.2. The third kappa shape index (κ3) is 5.30. The lowest BCUT2D eigenvalue weighted by molar-refractivity contribution is 0.0934. The summed E-state index contributed by atoms with van der Waals surface area (Å²) in [5.74, 6) is 1.10. The number of piperidine rings is 1. The number of rotatable bonds is 6. The molecule has 3 rings (SSSR count). The standard InChI is InChI=1S/C22H29N3O2/c1-17-13-18(2)15-24(14-17)12-10-23-21(26)20-9-6-11-25(22(20)27)16-19-7-4-3-5-8-19/h3-9,11,17-18H,10,12-16H2,1-2H3,(H,23,26). The number of carbonyl (C=O) groups is 1. The minimum Gasteiger partial charge on any atom is -0.351 e. The van der Waals surface area contributed by atoms with Gasteiger partial charge in [-0.2, -0.15) is 0 Å². The molecule has 5 heteroatoms. The van der Waals surface area contributed by atoms with Gasteiger partial charge in [0.05, 0.1) is 6.54 Å². The van der Waals surface area contributed by atoms with Crippen molar-refractivity contribution in [2.75, 3.05) is 26.2 Å². The van der Waals surface area contributed by atoms with Crippen LogP contribution in [0.1, 0.15) is 36.2 Å². The van der Waals surface area contributed by atoms with Gasteiger partial charge in [0.15, 0.2) is 0 Å². The summed E-state index contributed by atoms with van der Waals surface area (Å²) in [5.41, 5.74) is 0.985. The minimum atomic E-state index is -0.291. The van der Waals surface area contributed by atoms with Crippen molar-refractivity contribution in [2.24, 2.45) is 11.8 Å². The highest BCUT2D eigenvalue weighted by atomic mass is 16.2. The Morgan fingerprint density at radius 2 is 1.78 bits per heavy atom. The number of nitrogens with one attached hydrogen (secondary N) is 1. The average Bonchev–Trinajstić information content (AvgIpc) is 2.63. The molecule has 144 valence electrons. The zero-order chi connectivity index (χ0) is 19.2. The molecule has 1 aliphatic heterocycles.